The van der Waals surface area contributed by atoms with E-state index < -0.39 is 39.7 Å². The van der Waals surface area contributed by atoms with E-state index in [2.05, 4.69) is 15.5 Å². The number of rotatable bonds is 10. The van der Waals surface area contributed by atoms with E-state index in [1.165, 1.54) is 0 Å². The number of aromatic nitrogens is 2. The number of carbonyl (C=O) groups excluding carboxylic acids is 1. The van der Waals surface area contributed by atoms with Crippen LogP contribution in [-0.4, -0.2) is 53.2 Å². The van der Waals surface area contributed by atoms with Crippen molar-refractivity contribution >= 4 is 15.7 Å². The molecule has 2 aromatic rings. The summed E-state index contributed by atoms with van der Waals surface area (Å²) in [6.07, 6.45) is 0.949. The number of nitrogens with one attached hydrogen (secondary N) is 1. The molecule has 29 heavy (non-hydrogen) atoms. The zero-order valence-electron chi connectivity index (χ0n) is 16.2. The number of nitrogens with zero attached hydrogens (tertiary/aromatic N) is 2. The van der Waals surface area contributed by atoms with Gasteiger partial charge in [-0.25, -0.2) is 8.42 Å². The first-order valence-electron chi connectivity index (χ1n) is 9.62. The van der Waals surface area contributed by atoms with Crippen LogP contribution in [0.5, 0.6) is 0 Å². The van der Waals surface area contributed by atoms with E-state index in [0.29, 0.717) is 12.0 Å². The molecule has 158 valence electrons. The molecule has 3 rings (SSSR count). The van der Waals surface area contributed by atoms with Gasteiger partial charge in [0, 0.05) is 5.56 Å². The summed E-state index contributed by atoms with van der Waals surface area (Å²) in [6, 6.07) is 7.15. The lowest BCUT2D eigenvalue weighted by Gasteiger charge is -2.22. The van der Waals surface area contributed by atoms with Crippen molar-refractivity contribution in [2.45, 2.75) is 44.4 Å². The highest BCUT2D eigenvalue weighted by molar-refractivity contribution is 7.91. The van der Waals surface area contributed by atoms with Crippen LogP contribution in [0.4, 0.5) is 0 Å². The quantitative estimate of drug-likeness (QED) is 0.509. The first-order valence-corrected chi connectivity index (χ1v) is 11.4. The molecule has 1 aromatic carbocycles. The summed E-state index contributed by atoms with van der Waals surface area (Å²) in [4.78, 5) is 16.6. The van der Waals surface area contributed by atoms with Gasteiger partial charge in [-0.1, -0.05) is 30.3 Å². The minimum atomic E-state index is -3.39. The zero-order chi connectivity index (χ0) is 21.0. The average molecular weight is 423 g/mol. The average Bonchev–Trinajstić information content (AvgIpc) is 3.35. The van der Waals surface area contributed by atoms with Crippen LogP contribution < -0.4 is 11.1 Å². The summed E-state index contributed by atoms with van der Waals surface area (Å²) >= 11 is 0. The monoisotopic (exact) mass is 422 g/mol. The van der Waals surface area contributed by atoms with Gasteiger partial charge >= 0.3 is 0 Å². The summed E-state index contributed by atoms with van der Waals surface area (Å²) in [6.45, 7) is 1.77. The van der Waals surface area contributed by atoms with Crippen LogP contribution in [0.25, 0.3) is 11.5 Å². The van der Waals surface area contributed by atoms with Crippen molar-refractivity contribution < 1.29 is 22.8 Å². The smallest absolute Gasteiger partial charge is 0.258 e. The van der Waals surface area contributed by atoms with Crippen LogP contribution in [0.15, 0.2) is 34.9 Å². The fourth-order valence-electron chi connectivity index (χ4n) is 2.99. The van der Waals surface area contributed by atoms with Crippen LogP contribution in [0.3, 0.4) is 0 Å². The standard InChI is InChI=1S/C19H26N4O5S/c1-2-15(21-18(25)14(20)11-29(26,27)10-12-8-9-12)16(24)17-22-19(28-23-17)13-6-4-3-5-7-13/h3-7,12,14-16,24H,2,8-11,20H2,1H3,(H,21,25). The Labute approximate surface area is 169 Å². The van der Waals surface area contributed by atoms with Crippen molar-refractivity contribution in [1.82, 2.24) is 15.5 Å². The summed E-state index contributed by atoms with van der Waals surface area (Å²) in [7, 11) is -3.39. The Morgan fingerprint density at radius 1 is 1.34 bits per heavy atom. The molecule has 1 amide bonds. The lowest BCUT2D eigenvalue weighted by molar-refractivity contribution is -0.123. The molecule has 4 N–H and O–H groups in total. The maximum atomic E-state index is 12.4. The molecule has 1 saturated carbocycles. The molecular formula is C19H26N4O5S. The van der Waals surface area contributed by atoms with Crippen LogP contribution in [0.1, 0.15) is 38.1 Å². The normalized spacial score (nSPS) is 17.5. The summed E-state index contributed by atoms with van der Waals surface area (Å²) in [5.74, 6) is -0.504. The molecule has 1 heterocycles. The largest absolute Gasteiger partial charge is 0.383 e. The molecule has 0 spiro atoms. The van der Waals surface area contributed by atoms with Crippen molar-refractivity contribution in [3.05, 3.63) is 36.2 Å². The van der Waals surface area contributed by atoms with Gasteiger partial charge in [0.2, 0.25) is 11.7 Å². The molecule has 1 fully saturated rings. The zero-order valence-corrected chi connectivity index (χ0v) is 17.0. The molecule has 0 aliphatic heterocycles. The second kappa shape index (κ2) is 9.02. The van der Waals surface area contributed by atoms with Gasteiger partial charge in [-0.2, -0.15) is 4.98 Å². The van der Waals surface area contributed by atoms with E-state index >= 15 is 0 Å². The van der Waals surface area contributed by atoms with Gasteiger partial charge < -0.3 is 20.7 Å². The molecule has 0 saturated heterocycles. The molecule has 9 nitrogen and oxygen atoms in total. The van der Waals surface area contributed by atoms with E-state index in [0.717, 1.165) is 12.8 Å². The van der Waals surface area contributed by atoms with Crippen LogP contribution in [-0.2, 0) is 14.6 Å². The molecule has 0 radical (unpaired) electrons. The van der Waals surface area contributed by atoms with Crippen molar-refractivity contribution in [2.24, 2.45) is 11.7 Å². The minimum absolute atomic E-state index is 0.0333. The Balaban J connectivity index is 1.61. The molecule has 1 aliphatic rings. The number of nitrogens with two attached hydrogens (primary N) is 1. The van der Waals surface area contributed by atoms with Crippen molar-refractivity contribution in [1.29, 1.82) is 0 Å². The van der Waals surface area contributed by atoms with Crippen molar-refractivity contribution in [3.8, 4) is 11.5 Å². The first kappa shape index (κ1) is 21.4. The van der Waals surface area contributed by atoms with Gasteiger partial charge in [0.25, 0.3) is 5.89 Å². The Hall–Kier alpha value is -2.30. The number of sulfone groups is 1. The summed E-state index contributed by atoms with van der Waals surface area (Å²) in [5.41, 5.74) is 6.51. The minimum Gasteiger partial charge on any atom is -0.383 e. The van der Waals surface area contributed by atoms with E-state index in [1.54, 1.807) is 19.1 Å². The van der Waals surface area contributed by atoms with Crippen LogP contribution in [0.2, 0.25) is 0 Å². The third kappa shape index (κ3) is 5.84. The second-order valence-electron chi connectivity index (χ2n) is 7.42. The van der Waals surface area contributed by atoms with Gasteiger partial charge in [-0.05, 0) is 37.3 Å². The maximum absolute atomic E-state index is 12.4. The molecule has 0 bridgehead atoms. The Morgan fingerprint density at radius 2 is 2.03 bits per heavy atom. The van der Waals surface area contributed by atoms with Crippen LogP contribution in [0, 0.1) is 5.92 Å². The number of aliphatic hydroxyl groups excluding tert-OH is 1. The van der Waals surface area contributed by atoms with Crippen molar-refractivity contribution in [2.75, 3.05) is 11.5 Å². The predicted molar refractivity (Wildman–Crippen MR) is 106 cm³/mol. The number of hydrogen-bond donors (Lipinski definition) is 3. The number of amides is 1. The molecule has 10 heteroatoms. The third-order valence-electron chi connectivity index (χ3n) is 4.83. The Kier molecular flexibility index (Phi) is 6.66. The van der Waals surface area contributed by atoms with E-state index in [-0.39, 0.29) is 23.4 Å². The van der Waals surface area contributed by atoms with Crippen molar-refractivity contribution in [3.63, 3.8) is 0 Å². The van der Waals surface area contributed by atoms with E-state index in [1.807, 2.05) is 18.2 Å². The lowest BCUT2D eigenvalue weighted by atomic mass is 10.1. The molecule has 1 aromatic heterocycles. The Bertz CT molecular complexity index is 927. The second-order valence-corrected chi connectivity index (χ2v) is 9.57. The SMILES string of the molecule is CCC(NC(=O)C(N)CS(=O)(=O)CC1CC1)C(O)c1noc(-c2ccccc2)n1. The third-order valence-corrected chi connectivity index (χ3v) is 6.68. The fraction of sp³-hybridized carbons (Fsp3) is 0.526. The van der Waals surface area contributed by atoms with E-state index in [9.17, 15) is 18.3 Å². The number of aliphatic hydroxyl groups is 1. The molecule has 3 atom stereocenters. The van der Waals surface area contributed by atoms with Gasteiger partial charge in [-0.15, -0.1) is 0 Å². The highest BCUT2D eigenvalue weighted by Gasteiger charge is 2.32. The molecular weight excluding hydrogens is 396 g/mol. The van der Waals surface area contributed by atoms with E-state index in [4.69, 9.17) is 10.3 Å². The number of benzene rings is 1. The number of hydrogen-bond acceptors (Lipinski definition) is 8. The number of carbonyl (C=O) groups is 1. The maximum Gasteiger partial charge on any atom is 0.258 e. The summed E-state index contributed by atoms with van der Waals surface area (Å²) < 4.78 is 29.4. The highest BCUT2D eigenvalue weighted by atomic mass is 32.2. The molecule has 1 aliphatic carbocycles. The van der Waals surface area contributed by atoms with Gasteiger partial charge in [0.1, 0.15) is 6.10 Å². The molecule has 3 unspecified atom stereocenters. The van der Waals surface area contributed by atoms with Crippen LogP contribution >= 0.6 is 0 Å². The van der Waals surface area contributed by atoms with Gasteiger partial charge in [-0.3, -0.25) is 4.79 Å². The lowest BCUT2D eigenvalue weighted by Crippen LogP contribution is -2.50. The predicted octanol–water partition coefficient (Wildman–Crippen LogP) is 0.817. The van der Waals surface area contributed by atoms with Gasteiger partial charge in [0.15, 0.2) is 9.84 Å². The topological polar surface area (TPSA) is 148 Å². The highest BCUT2D eigenvalue weighted by Crippen LogP contribution is 2.30. The first-order chi connectivity index (χ1) is 13.8. The van der Waals surface area contributed by atoms with Gasteiger partial charge in [0.05, 0.1) is 23.6 Å². The summed E-state index contributed by atoms with van der Waals surface area (Å²) in [5, 5.41) is 17.0. The fourth-order valence-corrected chi connectivity index (χ4v) is 4.87. The Morgan fingerprint density at radius 3 is 2.66 bits per heavy atom.